The summed E-state index contributed by atoms with van der Waals surface area (Å²) in [6, 6.07) is 0.469. The van der Waals surface area contributed by atoms with Gasteiger partial charge in [-0.05, 0) is 6.92 Å². The second kappa shape index (κ2) is 16.7. The molecule has 0 aliphatic rings. The molecule has 2 N–H and O–H groups in total. The third-order valence-electron chi connectivity index (χ3n) is 3.21. The molecular weight excluding hydrogens is 331 g/mol. The first-order valence-electron chi connectivity index (χ1n) is 8.90. The number of rotatable bonds is 17. The first-order chi connectivity index (χ1) is 11.9. The molecule has 8 heteroatoms. The van der Waals surface area contributed by atoms with Gasteiger partial charge in [0.25, 0.3) is 0 Å². The van der Waals surface area contributed by atoms with Gasteiger partial charge in [-0.3, -0.25) is 4.79 Å². The number of nitrogens with one attached hydrogen (secondary N) is 2. The minimum absolute atomic E-state index is 0.0409. The zero-order valence-electron chi connectivity index (χ0n) is 16.0. The molecule has 150 valence electrons. The minimum atomic E-state index is -1.23. The maximum atomic E-state index is 13.6. The van der Waals surface area contributed by atoms with Crippen molar-refractivity contribution in [1.29, 1.82) is 0 Å². The fourth-order valence-corrected chi connectivity index (χ4v) is 1.77. The Kier molecular flexibility index (Phi) is 16.1. The van der Waals surface area contributed by atoms with E-state index >= 15 is 0 Å². The van der Waals surface area contributed by atoms with Crippen LogP contribution < -0.4 is 10.6 Å². The topological polar surface area (TPSA) is 78.1 Å². The summed E-state index contributed by atoms with van der Waals surface area (Å²) in [7, 11) is 0. The Morgan fingerprint density at radius 1 is 0.920 bits per heavy atom. The second-order valence-corrected chi connectivity index (χ2v) is 5.97. The van der Waals surface area contributed by atoms with Gasteiger partial charge in [-0.25, -0.2) is 4.39 Å². The Hall–Kier alpha value is -0.800. The number of hydrogen-bond acceptors (Lipinski definition) is 6. The van der Waals surface area contributed by atoms with Crippen molar-refractivity contribution in [1.82, 2.24) is 10.6 Å². The van der Waals surface area contributed by atoms with Crippen LogP contribution in [0, 0.1) is 0 Å². The molecule has 2 atom stereocenters. The Balaban J connectivity index is 3.26. The largest absolute Gasteiger partial charge is 0.378 e. The van der Waals surface area contributed by atoms with Gasteiger partial charge >= 0.3 is 0 Å². The fraction of sp³-hybridized carbons (Fsp3) is 0.941. The van der Waals surface area contributed by atoms with E-state index in [1.807, 2.05) is 0 Å². The predicted molar refractivity (Wildman–Crippen MR) is 94.6 cm³/mol. The maximum Gasteiger partial charge on any atom is 0.216 e. The first kappa shape index (κ1) is 24.2. The molecule has 0 aromatic rings. The lowest BCUT2D eigenvalue weighted by Gasteiger charge is -2.17. The van der Waals surface area contributed by atoms with Crippen LogP contribution in [0.5, 0.6) is 0 Å². The quantitative estimate of drug-likeness (QED) is 0.373. The van der Waals surface area contributed by atoms with Crippen LogP contribution in [-0.4, -0.2) is 83.6 Å². The highest BCUT2D eigenvalue weighted by Crippen LogP contribution is 2.02. The third-order valence-corrected chi connectivity index (χ3v) is 3.21. The fourth-order valence-electron chi connectivity index (χ4n) is 1.77. The summed E-state index contributed by atoms with van der Waals surface area (Å²) in [5.74, 6) is -0.254. The Morgan fingerprint density at radius 2 is 1.44 bits per heavy atom. The lowest BCUT2D eigenvalue weighted by molar-refractivity contribution is -0.119. The molecule has 0 saturated heterocycles. The lowest BCUT2D eigenvalue weighted by Crippen LogP contribution is -2.35. The van der Waals surface area contributed by atoms with Gasteiger partial charge in [0.2, 0.25) is 5.91 Å². The molecule has 7 nitrogen and oxygen atoms in total. The second-order valence-electron chi connectivity index (χ2n) is 5.97. The van der Waals surface area contributed by atoms with Crippen molar-refractivity contribution in [2.45, 2.75) is 46.0 Å². The highest BCUT2D eigenvalue weighted by molar-refractivity contribution is 5.72. The monoisotopic (exact) mass is 366 g/mol. The molecule has 2 unspecified atom stereocenters. The van der Waals surface area contributed by atoms with E-state index < -0.39 is 12.3 Å². The summed E-state index contributed by atoms with van der Waals surface area (Å²) in [4.78, 5) is 10.7. The van der Waals surface area contributed by atoms with Crippen molar-refractivity contribution >= 4 is 5.91 Å². The van der Waals surface area contributed by atoms with Crippen LogP contribution in [-0.2, 0) is 23.7 Å². The summed E-state index contributed by atoms with van der Waals surface area (Å²) in [5, 5.41) is 5.69. The number of halogens is 1. The van der Waals surface area contributed by atoms with Gasteiger partial charge < -0.3 is 29.6 Å². The number of alkyl halides is 1. The Labute approximate surface area is 150 Å². The summed E-state index contributed by atoms with van der Waals surface area (Å²) in [5.41, 5.74) is 0. The maximum absolute atomic E-state index is 13.6. The first-order valence-corrected chi connectivity index (χ1v) is 8.90. The van der Waals surface area contributed by atoms with Crippen LogP contribution in [0.4, 0.5) is 4.39 Å². The van der Waals surface area contributed by atoms with E-state index in [9.17, 15) is 9.18 Å². The van der Waals surface area contributed by atoms with E-state index in [1.54, 1.807) is 6.92 Å². The van der Waals surface area contributed by atoms with E-state index in [0.29, 0.717) is 52.3 Å². The Morgan fingerprint density at radius 3 is 1.96 bits per heavy atom. The predicted octanol–water partition coefficient (Wildman–Crippen LogP) is 0.914. The molecule has 0 radical (unpaired) electrons. The number of carbonyl (C=O) groups is 1. The molecule has 1 amide bonds. The van der Waals surface area contributed by atoms with Gasteiger partial charge in [0.1, 0.15) is 6.17 Å². The van der Waals surface area contributed by atoms with E-state index in [1.165, 1.54) is 6.92 Å². The van der Waals surface area contributed by atoms with Gasteiger partial charge in [-0.15, -0.1) is 0 Å². The Bertz CT molecular complexity index is 321. The molecule has 0 rings (SSSR count). The van der Waals surface area contributed by atoms with Crippen molar-refractivity contribution in [2.24, 2.45) is 0 Å². The standard InChI is InChI=1S/C17H35FN2O5/c1-14(2)19-5-6-22-7-8-23-9-10-24-11-12-25-15(3)17(18)13-20-16(4)21/h14-15,17,19H,5-13H2,1-4H3,(H,20,21). The lowest BCUT2D eigenvalue weighted by atomic mass is 10.2. The van der Waals surface area contributed by atoms with Crippen LogP contribution >= 0.6 is 0 Å². The number of carbonyl (C=O) groups excluding carboxylic acids is 1. The summed E-state index contributed by atoms with van der Waals surface area (Å²) in [6.45, 7) is 11.3. The third kappa shape index (κ3) is 17.8. The van der Waals surface area contributed by atoms with E-state index in [0.717, 1.165) is 6.54 Å². The van der Waals surface area contributed by atoms with Gasteiger partial charge in [-0.1, -0.05) is 13.8 Å². The van der Waals surface area contributed by atoms with Crippen molar-refractivity contribution in [3.63, 3.8) is 0 Å². The number of hydrogen-bond donors (Lipinski definition) is 2. The molecule has 0 bridgehead atoms. The van der Waals surface area contributed by atoms with Crippen molar-refractivity contribution in [2.75, 3.05) is 59.3 Å². The molecule has 0 fully saturated rings. The highest BCUT2D eigenvalue weighted by Gasteiger charge is 2.16. The highest BCUT2D eigenvalue weighted by atomic mass is 19.1. The zero-order chi connectivity index (χ0) is 18.9. The van der Waals surface area contributed by atoms with E-state index in [-0.39, 0.29) is 12.5 Å². The van der Waals surface area contributed by atoms with Crippen molar-refractivity contribution in [3.05, 3.63) is 0 Å². The molecule has 0 aromatic carbocycles. The van der Waals surface area contributed by atoms with E-state index in [4.69, 9.17) is 18.9 Å². The summed E-state index contributed by atoms with van der Waals surface area (Å²) < 4.78 is 35.0. The van der Waals surface area contributed by atoms with Crippen LogP contribution in [0.25, 0.3) is 0 Å². The zero-order valence-corrected chi connectivity index (χ0v) is 16.0. The average Bonchev–Trinajstić information content (AvgIpc) is 2.56. The molecule has 0 spiro atoms. The van der Waals surface area contributed by atoms with Crippen molar-refractivity contribution in [3.8, 4) is 0 Å². The number of amides is 1. The smallest absolute Gasteiger partial charge is 0.216 e. The minimum Gasteiger partial charge on any atom is -0.378 e. The van der Waals surface area contributed by atoms with Crippen LogP contribution in [0.15, 0.2) is 0 Å². The molecule has 0 aromatic heterocycles. The molecule has 0 aliphatic heterocycles. The molecular formula is C17H35FN2O5. The van der Waals surface area contributed by atoms with Gasteiger partial charge in [0.05, 0.1) is 58.9 Å². The summed E-state index contributed by atoms with van der Waals surface area (Å²) >= 11 is 0. The van der Waals surface area contributed by atoms with Crippen LogP contribution in [0.2, 0.25) is 0 Å². The van der Waals surface area contributed by atoms with Gasteiger partial charge in [-0.2, -0.15) is 0 Å². The van der Waals surface area contributed by atoms with Crippen LogP contribution in [0.3, 0.4) is 0 Å². The van der Waals surface area contributed by atoms with Crippen molar-refractivity contribution < 1.29 is 28.1 Å². The average molecular weight is 366 g/mol. The van der Waals surface area contributed by atoms with Gasteiger partial charge in [0, 0.05) is 19.5 Å². The van der Waals surface area contributed by atoms with E-state index in [2.05, 4.69) is 24.5 Å². The molecule has 0 saturated carbocycles. The van der Waals surface area contributed by atoms with Crippen LogP contribution in [0.1, 0.15) is 27.7 Å². The summed E-state index contributed by atoms with van der Waals surface area (Å²) in [6.07, 6.45) is -1.82. The molecule has 0 heterocycles. The van der Waals surface area contributed by atoms with Gasteiger partial charge in [0.15, 0.2) is 0 Å². The molecule has 25 heavy (non-hydrogen) atoms. The normalized spacial score (nSPS) is 13.8. The number of ether oxygens (including phenoxy) is 4. The molecule has 0 aliphatic carbocycles. The SMILES string of the molecule is CC(=O)NCC(F)C(C)OCCOCCOCCOCCNC(C)C.